The van der Waals surface area contributed by atoms with Gasteiger partial charge in [-0.15, -0.1) is 0 Å². The van der Waals surface area contributed by atoms with E-state index in [1.807, 2.05) is 6.07 Å². The molecule has 0 saturated heterocycles. The molecule has 0 saturated carbocycles. The number of nitrogens with zero attached hydrogens (tertiary/aromatic N) is 1. The molecule has 0 bridgehead atoms. The van der Waals surface area contributed by atoms with Gasteiger partial charge >= 0.3 is 0 Å². The van der Waals surface area contributed by atoms with E-state index >= 15 is 0 Å². The van der Waals surface area contributed by atoms with Crippen molar-refractivity contribution in [2.45, 2.75) is 12.8 Å². The number of rotatable bonds is 4. The van der Waals surface area contributed by atoms with E-state index in [9.17, 15) is 8.78 Å². The van der Waals surface area contributed by atoms with Crippen molar-refractivity contribution < 1.29 is 8.78 Å². The lowest BCUT2D eigenvalue weighted by molar-refractivity contribution is 0.163. The van der Waals surface area contributed by atoms with E-state index in [1.54, 1.807) is 24.3 Å². The monoisotopic (exact) mass is 196 g/mol. The van der Waals surface area contributed by atoms with Gasteiger partial charge in [0.1, 0.15) is 0 Å². The summed E-state index contributed by atoms with van der Waals surface area (Å²) in [5, 5.41) is 11.0. The van der Waals surface area contributed by atoms with Crippen LogP contribution in [0.4, 0.5) is 14.5 Å². The Morgan fingerprint density at radius 2 is 1.93 bits per heavy atom. The van der Waals surface area contributed by atoms with E-state index in [2.05, 4.69) is 5.32 Å². The van der Waals surface area contributed by atoms with Gasteiger partial charge in [0.15, 0.2) is 0 Å². The van der Waals surface area contributed by atoms with Crippen LogP contribution in [0.3, 0.4) is 0 Å². The van der Waals surface area contributed by atoms with E-state index < -0.39 is 6.43 Å². The molecule has 0 unspecified atom stereocenters. The standard InChI is InChI=1S/C10H10F2N2/c11-10(12)7-14-9-3-1-8(2-4-9)5-6-13/h1-4,10,14H,5,7H2. The highest BCUT2D eigenvalue weighted by Gasteiger charge is 2.00. The Hall–Kier alpha value is -1.63. The number of nitriles is 1. The predicted molar refractivity (Wildman–Crippen MR) is 50.3 cm³/mol. The van der Waals surface area contributed by atoms with Gasteiger partial charge in [0.25, 0.3) is 6.43 Å². The summed E-state index contributed by atoms with van der Waals surface area (Å²) in [7, 11) is 0. The molecule has 0 aliphatic carbocycles. The fourth-order valence-electron chi connectivity index (χ4n) is 1.03. The molecule has 0 aromatic heterocycles. The molecular formula is C10H10F2N2. The van der Waals surface area contributed by atoms with Gasteiger partial charge in [-0.05, 0) is 17.7 Å². The van der Waals surface area contributed by atoms with E-state index in [0.29, 0.717) is 12.1 Å². The zero-order valence-electron chi connectivity index (χ0n) is 7.50. The quantitative estimate of drug-likeness (QED) is 0.802. The molecule has 0 radical (unpaired) electrons. The molecule has 1 aromatic rings. The average molecular weight is 196 g/mol. The molecule has 1 rings (SSSR count). The van der Waals surface area contributed by atoms with Crippen molar-refractivity contribution >= 4 is 5.69 Å². The minimum atomic E-state index is -2.35. The summed E-state index contributed by atoms with van der Waals surface area (Å²) in [5.41, 5.74) is 1.53. The second-order valence-corrected chi connectivity index (χ2v) is 2.80. The summed E-state index contributed by atoms with van der Waals surface area (Å²) in [6.07, 6.45) is -2.01. The first-order valence-electron chi connectivity index (χ1n) is 4.20. The van der Waals surface area contributed by atoms with Gasteiger partial charge in [-0.3, -0.25) is 0 Å². The van der Waals surface area contributed by atoms with Gasteiger partial charge < -0.3 is 5.32 Å². The first kappa shape index (κ1) is 10.5. The van der Waals surface area contributed by atoms with Crippen LogP contribution in [0.2, 0.25) is 0 Å². The molecule has 74 valence electrons. The van der Waals surface area contributed by atoms with E-state index in [1.165, 1.54) is 0 Å². The highest BCUT2D eigenvalue weighted by Crippen LogP contribution is 2.10. The molecule has 0 atom stereocenters. The Morgan fingerprint density at radius 1 is 1.29 bits per heavy atom. The lowest BCUT2D eigenvalue weighted by Gasteiger charge is -2.05. The summed E-state index contributed by atoms with van der Waals surface area (Å²) >= 11 is 0. The maximum Gasteiger partial charge on any atom is 0.255 e. The Kier molecular flexibility index (Phi) is 3.86. The summed E-state index contributed by atoms with van der Waals surface area (Å²) in [4.78, 5) is 0. The highest BCUT2D eigenvalue weighted by molar-refractivity contribution is 5.44. The van der Waals surface area contributed by atoms with Crippen molar-refractivity contribution in [2.75, 3.05) is 11.9 Å². The van der Waals surface area contributed by atoms with Crippen molar-refractivity contribution in [3.8, 4) is 6.07 Å². The summed E-state index contributed by atoms with van der Waals surface area (Å²) in [5.74, 6) is 0. The molecule has 1 aromatic carbocycles. The van der Waals surface area contributed by atoms with Crippen molar-refractivity contribution in [1.29, 1.82) is 5.26 Å². The number of anilines is 1. The van der Waals surface area contributed by atoms with Gasteiger partial charge in [0.05, 0.1) is 19.0 Å². The van der Waals surface area contributed by atoms with Gasteiger partial charge in [0.2, 0.25) is 0 Å². The molecule has 0 spiro atoms. The van der Waals surface area contributed by atoms with Crippen LogP contribution < -0.4 is 5.32 Å². The molecule has 0 aliphatic heterocycles. The van der Waals surface area contributed by atoms with Gasteiger partial charge in [0, 0.05) is 5.69 Å². The van der Waals surface area contributed by atoms with Crippen molar-refractivity contribution in [3.05, 3.63) is 29.8 Å². The Morgan fingerprint density at radius 3 is 2.43 bits per heavy atom. The van der Waals surface area contributed by atoms with Crippen LogP contribution in [0.1, 0.15) is 5.56 Å². The lowest BCUT2D eigenvalue weighted by atomic mass is 10.1. The largest absolute Gasteiger partial charge is 0.379 e. The number of nitrogens with one attached hydrogen (secondary N) is 1. The van der Waals surface area contributed by atoms with Crippen molar-refractivity contribution in [1.82, 2.24) is 0 Å². The van der Waals surface area contributed by atoms with Crippen LogP contribution in [0.5, 0.6) is 0 Å². The molecule has 2 nitrogen and oxygen atoms in total. The van der Waals surface area contributed by atoms with E-state index in [-0.39, 0.29) is 6.54 Å². The van der Waals surface area contributed by atoms with Crippen LogP contribution >= 0.6 is 0 Å². The number of hydrogen-bond donors (Lipinski definition) is 1. The van der Waals surface area contributed by atoms with Crippen molar-refractivity contribution in [3.63, 3.8) is 0 Å². The summed E-state index contributed by atoms with van der Waals surface area (Å²) in [6, 6.07) is 8.89. The zero-order valence-corrected chi connectivity index (χ0v) is 7.50. The fourth-order valence-corrected chi connectivity index (χ4v) is 1.03. The second-order valence-electron chi connectivity index (χ2n) is 2.80. The van der Waals surface area contributed by atoms with Crippen LogP contribution in [-0.2, 0) is 6.42 Å². The zero-order chi connectivity index (χ0) is 10.4. The molecule has 1 N–H and O–H groups in total. The SMILES string of the molecule is N#CCc1ccc(NCC(F)F)cc1. The van der Waals surface area contributed by atoms with Crippen LogP contribution in [0.15, 0.2) is 24.3 Å². The summed E-state index contributed by atoms with van der Waals surface area (Å²) < 4.78 is 23.6. The van der Waals surface area contributed by atoms with Crippen molar-refractivity contribution in [2.24, 2.45) is 0 Å². The number of alkyl halides is 2. The van der Waals surface area contributed by atoms with Crippen LogP contribution in [0.25, 0.3) is 0 Å². The third kappa shape index (κ3) is 3.40. The minimum Gasteiger partial charge on any atom is -0.379 e. The average Bonchev–Trinajstić information content (AvgIpc) is 2.17. The number of halogens is 2. The normalized spacial score (nSPS) is 9.86. The molecule has 0 heterocycles. The Labute approximate surface area is 81.2 Å². The maximum atomic E-state index is 11.8. The third-order valence-electron chi connectivity index (χ3n) is 1.70. The number of hydrogen-bond acceptors (Lipinski definition) is 2. The Bertz CT molecular complexity index is 314. The fraction of sp³-hybridized carbons (Fsp3) is 0.300. The molecule has 0 fully saturated rings. The van der Waals surface area contributed by atoms with E-state index in [0.717, 1.165) is 5.56 Å². The van der Waals surface area contributed by atoms with Gasteiger partial charge in [-0.25, -0.2) is 8.78 Å². The maximum absolute atomic E-state index is 11.8. The van der Waals surface area contributed by atoms with E-state index in [4.69, 9.17) is 5.26 Å². The molecule has 4 heteroatoms. The van der Waals surface area contributed by atoms with Gasteiger partial charge in [-0.2, -0.15) is 5.26 Å². The summed E-state index contributed by atoms with van der Waals surface area (Å²) in [6.45, 7) is -0.350. The van der Waals surface area contributed by atoms with Crippen LogP contribution in [-0.4, -0.2) is 13.0 Å². The second kappa shape index (κ2) is 5.18. The smallest absolute Gasteiger partial charge is 0.255 e. The highest BCUT2D eigenvalue weighted by atomic mass is 19.3. The third-order valence-corrected chi connectivity index (χ3v) is 1.70. The first-order chi connectivity index (χ1) is 6.72. The molecule has 0 amide bonds. The van der Waals surface area contributed by atoms with Gasteiger partial charge in [-0.1, -0.05) is 12.1 Å². The lowest BCUT2D eigenvalue weighted by Crippen LogP contribution is -2.09. The van der Waals surface area contributed by atoms with Crippen LogP contribution in [0, 0.1) is 11.3 Å². The molecular weight excluding hydrogens is 186 g/mol. The molecule has 14 heavy (non-hydrogen) atoms. The predicted octanol–water partition coefficient (Wildman–Crippen LogP) is 2.43. The Balaban J connectivity index is 2.52. The number of benzene rings is 1. The topological polar surface area (TPSA) is 35.8 Å². The first-order valence-corrected chi connectivity index (χ1v) is 4.20. The minimum absolute atomic E-state index is 0.342. The molecule has 0 aliphatic rings.